The fourth-order valence-corrected chi connectivity index (χ4v) is 4.75. The van der Waals surface area contributed by atoms with Crippen LogP contribution in [0.3, 0.4) is 0 Å². The lowest BCUT2D eigenvalue weighted by Gasteiger charge is -2.31. The Kier molecular flexibility index (Phi) is 6.78. The molecule has 4 nitrogen and oxygen atoms in total. The predicted molar refractivity (Wildman–Crippen MR) is 123 cm³/mol. The SMILES string of the molecule is C[NH+]1CCN(c2nc(F)c(F)c(Sc3cc(C(C)(C)C)c(O)c(C(C)(C)C)c3)c2F)CC1. The summed E-state index contributed by atoms with van der Waals surface area (Å²) in [7, 11) is 2.04. The highest BCUT2D eigenvalue weighted by Crippen LogP contribution is 2.44. The van der Waals surface area contributed by atoms with Crippen LogP contribution in [0.2, 0.25) is 0 Å². The van der Waals surface area contributed by atoms with Crippen LogP contribution in [0.5, 0.6) is 5.75 Å². The van der Waals surface area contributed by atoms with Crippen molar-refractivity contribution in [3.05, 3.63) is 40.8 Å². The van der Waals surface area contributed by atoms with Gasteiger partial charge in [0.2, 0.25) is 0 Å². The summed E-state index contributed by atoms with van der Waals surface area (Å²) >= 11 is 0.830. The Balaban J connectivity index is 2.10. The van der Waals surface area contributed by atoms with Crippen LogP contribution < -0.4 is 9.80 Å². The molecule has 0 radical (unpaired) electrons. The van der Waals surface area contributed by atoms with Gasteiger partial charge in [-0.1, -0.05) is 53.3 Å². The van der Waals surface area contributed by atoms with Crippen LogP contribution in [-0.4, -0.2) is 43.3 Å². The number of likely N-dealkylation sites (N-methyl/N-ethyl adjacent to an activating group) is 1. The zero-order valence-electron chi connectivity index (χ0n) is 19.9. The van der Waals surface area contributed by atoms with Crippen molar-refractivity contribution in [2.24, 2.45) is 0 Å². The Labute approximate surface area is 192 Å². The Morgan fingerprint density at radius 3 is 1.91 bits per heavy atom. The number of pyridine rings is 1. The van der Waals surface area contributed by atoms with Crippen molar-refractivity contribution in [1.82, 2.24) is 4.98 Å². The quantitative estimate of drug-likeness (QED) is 0.660. The van der Waals surface area contributed by atoms with Crippen LogP contribution in [-0.2, 0) is 10.8 Å². The summed E-state index contributed by atoms with van der Waals surface area (Å²) in [5.74, 6) is -3.42. The molecule has 0 amide bonds. The molecule has 176 valence electrons. The van der Waals surface area contributed by atoms with Gasteiger partial charge in [-0.05, 0) is 23.0 Å². The summed E-state index contributed by atoms with van der Waals surface area (Å²) in [6.07, 6.45) is 0. The summed E-state index contributed by atoms with van der Waals surface area (Å²) < 4.78 is 44.6. The van der Waals surface area contributed by atoms with Crippen molar-refractivity contribution in [3.63, 3.8) is 0 Å². The minimum absolute atomic E-state index is 0.148. The molecule has 2 heterocycles. The third-order valence-corrected chi connectivity index (χ3v) is 6.85. The summed E-state index contributed by atoms with van der Waals surface area (Å²) in [4.78, 5) is 6.69. The number of anilines is 1. The average molecular weight is 469 g/mol. The maximum atomic E-state index is 15.4. The van der Waals surface area contributed by atoms with E-state index in [-0.39, 0.29) is 11.6 Å². The molecule has 0 atom stereocenters. The first kappa shape index (κ1) is 24.7. The molecule has 1 fully saturated rings. The van der Waals surface area contributed by atoms with E-state index in [2.05, 4.69) is 4.98 Å². The number of benzene rings is 1. The van der Waals surface area contributed by atoms with Crippen LogP contribution >= 0.6 is 11.8 Å². The highest BCUT2D eigenvalue weighted by molar-refractivity contribution is 7.99. The minimum atomic E-state index is -1.30. The van der Waals surface area contributed by atoms with E-state index in [1.807, 2.05) is 48.6 Å². The normalized spacial score (nSPS) is 16.0. The number of quaternary nitrogens is 1. The van der Waals surface area contributed by atoms with Gasteiger partial charge in [0.25, 0.3) is 5.95 Å². The lowest BCUT2D eigenvalue weighted by Crippen LogP contribution is -3.12. The highest BCUT2D eigenvalue weighted by atomic mass is 32.2. The van der Waals surface area contributed by atoms with Gasteiger partial charge in [-0.15, -0.1) is 0 Å². The molecule has 2 N–H and O–H groups in total. The van der Waals surface area contributed by atoms with Crippen molar-refractivity contribution < 1.29 is 23.2 Å². The van der Waals surface area contributed by atoms with E-state index in [0.29, 0.717) is 29.1 Å². The van der Waals surface area contributed by atoms with Crippen molar-refractivity contribution in [3.8, 4) is 5.75 Å². The number of hydrogen-bond donors (Lipinski definition) is 2. The number of aromatic nitrogens is 1. The van der Waals surface area contributed by atoms with Crippen LogP contribution in [0.25, 0.3) is 0 Å². The van der Waals surface area contributed by atoms with E-state index in [4.69, 9.17) is 0 Å². The van der Waals surface area contributed by atoms with E-state index in [9.17, 15) is 13.9 Å². The fourth-order valence-electron chi connectivity index (χ4n) is 3.81. The van der Waals surface area contributed by atoms with Gasteiger partial charge in [-0.2, -0.15) is 9.37 Å². The standard InChI is InChI=1S/C24H32F3N3OS/c1-23(2,3)15-12-14(13-16(19(15)31)24(4,5)6)32-20-17(25)21(27)28-22(18(20)26)30-10-8-29(7)9-11-30/h12-13,31H,8-11H2,1-7H3/p+1. The van der Waals surface area contributed by atoms with E-state index in [1.165, 1.54) is 4.90 Å². The van der Waals surface area contributed by atoms with Crippen molar-refractivity contribution in [2.45, 2.75) is 62.2 Å². The highest BCUT2D eigenvalue weighted by Gasteiger charge is 2.30. The number of phenolic OH excluding ortho intramolecular Hbond substituents is 1. The molecule has 0 saturated carbocycles. The van der Waals surface area contributed by atoms with Crippen molar-refractivity contribution >= 4 is 17.6 Å². The molecule has 3 rings (SSSR count). The summed E-state index contributed by atoms with van der Waals surface area (Å²) in [6, 6.07) is 3.46. The lowest BCUT2D eigenvalue weighted by atomic mass is 9.79. The fraction of sp³-hybridized carbons (Fsp3) is 0.542. The molecule has 1 aromatic heterocycles. The number of nitrogens with one attached hydrogen (secondary N) is 1. The number of phenols is 1. The van der Waals surface area contributed by atoms with Gasteiger partial charge in [-0.3, -0.25) is 0 Å². The smallest absolute Gasteiger partial charge is 0.252 e. The summed E-state index contributed by atoms with van der Waals surface area (Å²) in [6.45, 7) is 14.3. The molecule has 1 aliphatic heterocycles. The molecule has 0 unspecified atom stereocenters. The van der Waals surface area contributed by atoms with Crippen LogP contribution in [0.1, 0.15) is 52.7 Å². The van der Waals surface area contributed by atoms with E-state index >= 15 is 4.39 Å². The van der Waals surface area contributed by atoms with Crippen LogP contribution in [0.4, 0.5) is 19.0 Å². The van der Waals surface area contributed by atoms with Gasteiger partial charge in [-0.25, -0.2) is 8.78 Å². The summed E-state index contributed by atoms with van der Waals surface area (Å²) in [5, 5.41) is 10.9. The molecule has 1 aromatic carbocycles. The molecular weight excluding hydrogens is 435 g/mol. The number of aromatic hydroxyl groups is 1. The number of hydrogen-bond acceptors (Lipinski definition) is 4. The second-order valence-corrected chi connectivity index (χ2v) is 11.7. The van der Waals surface area contributed by atoms with Crippen LogP contribution in [0, 0.1) is 17.6 Å². The monoisotopic (exact) mass is 468 g/mol. The largest absolute Gasteiger partial charge is 0.507 e. The Bertz CT molecular complexity index is 972. The Hall–Kier alpha value is -1.93. The van der Waals surface area contributed by atoms with E-state index < -0.39 is 33.3 Å². The van der Waals surface area contributed by atoms with Crippen molar-refractivity contribution in [1.29, 1.82) is 0 Å². The molecular formula is C24H33F3N3OS+. The molecule has 1 aliphatic rings. The first-order chi connectivity index (χ1) is 14.7. The predicted octanol–water partition coefficient (Wildman–Crippen LogP) is 4.29. The topological polar surface area (TPSA) is 40.8 Å². The van der Waals surface area contributed by atoms with Crippen molar-refractivity contribution in [2.75, 3.05) is 38.1 Å². The lowest BCUT2D eigenvalue weighted by molar-refractivity contribution is -0.880. The third kappa shape index (κ3) is 5.01. The van der Waals surface area contributed by atoms with E-state index in [0.717, 1.165) is 24.9 Å². The van der Waals surface area contributed by atoms with Gasteiger partial charge in [0, 0.05) is 16.0 Å². The molecule has 0 spiro atoms. The number of rotatable bonds is 3. The number of halogens is 3. The number of nitrogens with zero attached hydrogens (tertiary/aromatic N) is 2. The summed E-state index contributed by atoms with van der Waals surface area (Å²) in [5.41, 5.74) is 0.554. The van der Waals surface area contributed by atoms with Crippen LogP contribution in [0.15, 0.2) is 21.9 Å². The molecule has 1 saturated heterocycles. The number of piperazine rings is 1. The van der Waals surface area contributed by atoms with Gasteiger partial charge in [0.15, 0.2) is 17.5 Å². The second-order valence-electron chi connectivity index (χ2n) is 10.6. The third-order valence-electron chi connectivity index (χ3n) is 5.82. The Morgan fingerprint density at radius 2 is 1.44 bits per heavy atom. The second kappa shape index (κ2) is 8.78. The van der Waals surface area contributed by atoms with E-state index in [1.54, 1.807) is 17.0 Å². The zero-order chi connectivity index (χ0) is 24.0. The minimum Gasteiger partial charge on any atom is -0.507 e. The van der Waals surface area contributed by atoms with Gasteiger partial charge >= 0.3 is 0 Å². The Morgan fingerprint density at radius 1 is 0.938 bits per heavy atom. The maximum Gasteiger partial charge on any atom is 0.252 e. The maximum absolute atomic E-state index is 15.4. The van der Waals surface area contributed by atoms with Gasteiger partial charge < -0.3 is 14.9 Å². The zero-order valence-corrected chi connectivity index (χ0v) is 20.7. The molecule has 32 heavy (non-hydrogen) atoms. The molecule has 0 bridgehead atoms. The molecule has 2 aromatic rings. The van der Waals surface area contributed by atoms with Gasteiger partial charge in [0.05, 0.1) is 38.1 Å². The first-order valence-corrected chi connectivity index (χ1v) is 11.7. The molecule has 0 aliphatic carbocycles. The van der Waals surface area contributed by atoms with Gasteiger partial charge in [0.1, 0.15) is 5.75 Å². The average Bonchev–Trinajstić information content (AvgIpc) is 2.68. The first-order valence-electron chi connectivity index (χ1n) is 10.9. The molecule has 8 heteroatoms.